The second kappa shape index (κ2) is 5.08. The van der Waals surface area contributed by atoms with E-state index in [9.17, 15) is 4.79 Å². The number of ether oxygens (including phenoxy) is 1. The maximum Gasteiger partial charge on any atom is 0.186 e. The summed E-state index contributed by atoms with van der Waals surface area (Å²) in [6.45, 7) is 0.725. The first-order valence-electron chi connectivity index (χ1n) is 7.35. The van der Waals surface area contributed by atoms with Gasteiger partial charge in [0.1, 0.15) is 5.69 Å². The highest BCUT2D eigenvalue weighted by Gasteiger charge is 2.41. The fourth-order valence-corrected chi connectivity index (χ4v) is 3.55. The van der Waals surface area contributed by atoms with E-state index in [1.807, 2.05) is 17.8 Å². The molecular weight excluding hydrogens is 240 g/mol. The van der Waals surface area contributed by atoms with E-state index in [-0.39, 0.29) is 17.3 Å². The van der Waals surface area contributed by atoms with Crippen LogP contribution >= 0.6 is 0 Å². The highest BCUT2D eigenvalue weighted by Crippen LogP contribution is 2.41. The number of carbonyl (C=O) groups is 1. The smallest absolute Gasteiger partial charge is 0.186 e. The molecule has 1 saturated carbocycles. The molecule has 2 aliphatic rings. The van der Waals surface area contributed by atoms with Crippen LogP contribution in [0.3, 0.4) is 0 Å². The SMILES string of the molecule is Cn1cnc(C(=O)C2CCOC3(CCCCC3)C2)c1. The number of carbonyl (C=O) groups excluding carboxylic acids is 1. The van der Waals surface area contributed by atoms with E-state index in [4.69, 9.17) is 4.74 Å². The summed E-state index contributed by atoms with van der Waals surface area (Å²) >= 11 is 0. The van der Waals surface area contributed by atoms with Crippen molar-refractivity contribution in [3.63, 3.8) is 0 Å². The minimum absolute atomic E-state index is 0.00833. The Kier molecular flexibility index (Phi) is 3.44. The van der Waals surface area contributed by atoms with Crippen molar-refractivity contribution in [3.8, 4) is 0 Å². The van der Waals surface area contributed by atoms with Gasteiger partial charge in [0.15, 0.2) is 5.78 Å². The quantitative estimate of drug-likeness (QED) is 0.770. The molecule has 19 heavy (non-hydrogen) atoms. The first-order valence-corrected chi connectivity index (χ1v) is 7.35. The number of Topliss-reactive ketones (excluding diaryl/α,β-unsaturated/α-hetero) is 1. The molecule has 0 radical (unpaired) electrons. The van der Waals surface area contributed by atoms with Crippen molar-refractivity contribution < 1.29 is 9.53 Å². The lowest BCUT2D eigenvalue weighted by atomic mass is 9.75. The van der Waals surface area contributed by atoms with Crippen molar-refractivity contribution in [2.24, 2.45) is 13.0 Å². The van der Waals surface area contributed by atoms with Crippen molar-refractivity contribution in [2.75, 3.05) is 6.61 Å². The van der Waals surface area contributed by atoms with Crippen LogP contribution in [0.15, 0.2) is 12.5 Å². The Morgan fingerprint density at radius 1 is 1.42 bits per heavy atom. The molecular formula is C15H22N2O2. The van der Waals surface area contributed by atoms with Crippen LogP contribution in [0.5, 0.6) is 0 Å². The molecule has 0 amide bonds. The Morgan fingerprint density at radius 2 is 2.21 bits per heavy atom. The maximum absolute atomic E-state index is 12.5. The van der Waals surface area contributed by atoms with Crippen LogP contribution in [0.25, 0.3) is 0 Å². The van der Waals surface area contributed by atoms with E-state index >= 15 is 0 Å². The number of aromatic nitrogens is 2. The van der Waals surface area contributed by atoms with E-state index < -0.39 is 0 Å². The summed E-state index contributed by atoms with van der Waals surface area (Å²) in [5, 5.41) is 0. The number of rotatable bonds is 2. The third-order valence-electron chi connectivity index (χ3n) is 4.59. The van der Waals surface area contributed by atoms with Gasteiger partial charge in [-0.25, -0.2) is 4.98 Å². The van der Waals surface area contributed by atoms with Crippen LogP contribution in [0.2, 0.25) is 0 Å². The molecule has 1 aromatic heterocycles. The van der Waals surface area contributed by atoms with Crippen molar-refractivity contribution in [1.82, 2.24) is 9.55 Å². The summed E-state index contributed by atoms with van der Waals surface area (Å²) in [5.41, 5.74) is 0.603. The molecule has 4 heteroatoms. The summed E-state index contributed by atoms with van der Waals surface area (Å²) in [6.07, 6.45) is 11.3. The Balaban J connectivity index is 1.72. The van der Waals surface area contributed by atoms with Crippen molar-refractivity contribution >= 4 is 5.78 Å². The van der Waals surface area contributed by atoms with Gasteiger partial charge in [-0.3, -0.25) is 4.79 Å². The van der Waals surface area contributed by atoms with Gasteiger partial charge in [-0.15, -0.1) is 0 Å². The molecule has 1 spiro atoms. The highest BCUT2D eigenvalue weighted by molar-refractivity contribution is 5.96. The molecule has 1 aliphatic carbocycles. The standard InChI is InChI=1S/C15H22N2O2/c1-17-10-13(16-11-17)14(18)12-5-8-19-15(9-12)6-3-2-4-7-15/h10-12H,2-9H2,1H3. The van der Waals surface area contributed by atoms with Crippen molar-refractivity contribution in [2.45, 2.75) is 50.5 Å². The summed E-state index contributed by atoms with van der Waals surface area (Å²) in [7, 11) is 1.90. The second-order valence-electron chi connectivity index (χ2n) is 6.07. The van der Waals surface area contributed by atoms with Crippen LogP contribution in [0, 0.1) is 5.92 Å². The van der Waals surface area contributed by atoms with Crippen molar-refractivity contribution in [3.05, 3.63) is 18.2 Å². The fraction of sp³-hybridized carbons (Fsp3) is 0.733. The van der Waals surface area contributed by atoms with E-state index in [2.05, 4.69) is 4.98 Å². The molecule has 1 aliphatic heterocycles. The van der Waals surface area contributed by atoms with Gasteiger partial charge in [0, 0.05) is 25.8 Å². The topological polar surface area (TPSA) is 44.1 Å². The molecule has 0 N–H and O–H groups in total. The largest absolute Gasteiger partial charge is 0.375 e. The van der Waals surface area contributed by atoms with E-state index in [0.29, 0.717) is 5.69 Å². The third-order valence-corrected chi connectivity index (χ3v) is 4.59. The average Bonchev–Trinajstić information content (AvgIpc) is 2.85. The van der Waals surface area contributed by atoms with Gasteiger partial charge in [0.25, 0.3) is 0 Å². The van der Waals surface area contributed by atoms with Gasteiger partial charge in [0.2, 0.25) is 0 Å². The lowest BCUT2D eigenvalue weighted by molar-refractivity contribution is -0.111. The van der Waals surface area contributed by atoms with Crippen LogP contribution in [-0.2, 0) is 11.8 Å². The lowest BCUT2D eigenvalue weighted by Gasteiger charge is -2.43. The number of ketones is 1. The number of hydrogen-bond acceptors (Lipinski definition) is 3. The second-order valence-corrected chi connectivity index (χ2v) is 6.07. The molecule has 0 aromatic carbocycles. The Hall–Kier alpha value is -1.16. The molecule has 104 valence electrons. The lowest BCUT2D eigenvalue weighted by Crippen LogP contribution is -2.43. The highest BCUT2D eigenvalue weighted by atomic mass is 16.5. The summed E-state index contributed by atoms with van der Waals surface area (Å²) in [4.78, 5) is 16.7. The van der Waals surface area contributed by atoms with Gasteiger partial charge in [-0.2, -0.15) is 0 Å². The van der Waals surface area contributed by atoms with Crippen LogP contribution in [0.4, 0.5) is 0 Å². The van der Waals surface area contributed by atoms with Gasteiger partial charge in [-0.1, -0.05) is 19.3 Å². The number of hydrogen-bond donors (Lipinski definition) is 0. The zero-order valence-corrected chi connectivity index (χ0v) is 11.6. The predicted molar refractivity (Wildman–Crippen MR) is 72.0 cm³/mol. The van der Waals surface area contributed by atoms with E-state index in [1.54, 1.807) is 6.33 Å². The summed E-state index contributed by atoms with van der Waals surface area (Å²) in [6, 6.07) is 0. The maximum atomic E-state index is 12.5. The molecule has 2 heterocycles. The van der Waals surface area contributed by atoms with Gasteiger partial charge >= 0.3 is 0 Å². The molecule has 4 nitrogen and oxygen atoms in total. The molecule has 0 bridgehead atoms. The zero-order chi connectivity index (χ0) is 13.3. The molecule has 1 saturated heterocycles. The molecule has 1 unspecified atom stereocenters. The first-order chi connectivity index (χ1) is 9.19. The predicted octanol–water partition coefficient (Wildman–Crippen LogP) is 2.73. The van der Waals surface area contributed by atoms with Crippen LogP contribution < -0.4 is 0 Å². The Labute approximate surface area is 114 Å². The van der Waals surface area contributed by atoms with Crippen LogP contribution in [0.1, 0.15) is 55.4 Å². The normalized spacial score (nSPS) is 26.5. The van der Waals surface area contributed by atoms with Gasteiger partial charge in [0.05, 0.1) is 11.9 Å². The number of nitrogens with zero attached hydrogens (tertiary/aromatic N) is 2. The first kappa shape index (κ1) is 12.9. The minimum atomic E-state index is -0.00833. The van der Waals surface area contributed by atoms with Gasteiger partial charge in [-0.05, 0) is 25.7 Å². The number of aryl methyl sites for hydroxylation is 1. The monoisotopic (exact) mass is 262 g/mol. The summed E-state index contributed by atoms with van der Waals surface area (Å²) < 4.78 is 7.89. The summed E-state index contributed by atoms with van der Waals surface area (Å²) in [5.74, 6) is 0.301. The average molecular weight is 262 g/mol. The Morgan fingerprint density at radius 3 is 2.89 bits per heavy atom. The van der Waals surface area contributed by atoms with E-state index in [1.165, 1.54) is 19.3 Å². The molecule has 1 atom stereocenters. The molecule has 3 rings (SSSR count). The van der Waals surface area contributed by atoms with Gasteiger partial charge < -0.3 is 9.30 Å². The fourth-order valence-electron chi connectivity index (χ4n) is 3.55. The Bertz CT molecular complexity index is 455. The third kappa shape index (κ3) is 2.59. The minimum Gasteiger partial charge on any atom is -0.375 e. The molecule has 2 fully saturated rings. The molecule has 1 aromatic rings. The van der Waals surface area contributed by atoms with Crippen molar-refractivity contribution in [1.29, 1.82) is 0 Å². The van der Waals surface area contributed by atoms with E-state index in [0.717, 1.165) is 32.3 Å². The zero-order valence-electron chi connectivity index (χ0n) is 11.6. The van der Waals surface area contributed by atoms with Crippen LogP contribution in [-0.4, -0.2) is 27.5 Å². The number of imidazole rings is 1.